The zero-order valence-electron chi connectivity index (χ0n) is 21.4. The third-order valence-electron chi connectivity index (χ3n) is 8.03. The molecule has 2 aliphatic carbocycles. The number of hydrogen-bond acceptors (Lipinski definition) is 5. The second-order valence-electron chi connectivity index (χ2n) is 10.9. The maximum atomic E-state index is 9.55. The average molecular weight is 485 g/mol. The van der Waals surface area contributed by atoms with Crippen LogP contribution in [0.2, 0.25) is 0 Å². The summed E-state index contributed by atoms with van der Waals surface area (Å²) in [7, 11) is 0. The van der Waals surface area contributed by atoms with Gasteiger partial charge < -0.3 is 20.4 Å². The number of carboxylic acid groups (broad SMARTS) is 2. The Morgan fingerprint density at radius 3 is 2.46 bits per heavy atom. The minimum absolute atomic E-state index is 0.132. The van der Waals surface area contributed by atoms with Crippen LogP contribution in [-0.2, 0) is 26.3 Å². The SMILES string of the molecule is CC(C)c1ccc2c(c1)CCC1[C@@](C)(/C=N/O[C@@H]3CCNC3)CCC[C@]21C.O=C(O)/C=C/C(=O)O. The minimum atomic E-state index is -1.26. The molecule has 1 aromatic rings. The Balaban J connectivity index is 0.000000371. The molecule has 0 spiro atoms. The summed E-state index contributed by atoms with van der Waals surface area (Å²) in [4.78, 5) is 24.9. The van der Waals surface area contributed by atoms with E-state index in [1.165, 1.54) is 37.7 Å². The number of fused-ring (bicyclic) bond motifs is 3. The van der Waals surface area contributed by atoms with E-state index >= 15 is 0 Å². The lowest BCUT2D eigenvalue weighted by atomic mass is 9.50. The van der Waals surface area contributed by atoms with Gasteiger partial charge in [-0.3, -0.25) is 0 Å². The molecule has 1 saturated carbocycles. The molecule has 7 heteroatoms. The van der Waals surface area contributed by atoms with Crippen LogP contribution < -0.4 is 5.32 Å². The van der Waals surface area contributed by atoms with E-state index < -0.39 is 11.9 Å². The number of rotatable bonds is 6. The van der Waals surface area contributed by atoms with Crippen LogP contribution in [0.1, 0.15) is 82.4 Å². The topological polar surface area (TPSA) is 108 Å². The monoisotopic (exact) mass is 484 g/mol. The Kier molecular flexibility index (Phi) is 8.75. The van der Waals surface area contributed by atoms with Crippen LogP contribution in [0.25, 0.3) is 0 Å². The lowest BCUT2D eigenvalue weighted by Crippen LogP contribution is -2.49. The van der Waals surface area contributed by atoms with Crippen LogP contribution in [0.3, 0.4) is 0 Å². The van der Waals surface area contributed by atoms with Gasteiger partial charge in [0.2, 0.25) is 0 Å². The number of nitrogens with one attached hydrogen (secondary N) is 1. The fourth-order valence-corrected chi connectivity index (χ4v) is 6.17. The first-order valence-corrected chi connectivity index (χ1v) is 12.7. The lowest BCUT2D eigenvalue weighted by molar-refractivity contribution is -0.134. The van der Waals surface area contributed by atoms with Crippen LogP contribution in [-0.4, -0.2) is 47.6 Å². The van der Waals surface area contributed by atoms with Crippen molar-refractivity contribution in [1.82, 2.24) is 5.32 Å². The van der Waals surface area contributed by atoms with Crippen molar-refractivity contribution in [2.75, 3.05) is 13.1 Å². The number of oxime groups is 1. The minimum Gasteiger partial charge on any atom is -0.478 e. The number of benzene rings is 1. The van der Waals surface area contributed by atoms with Gasteiger partial charge in [-0.25, -0.2) is 9.59 Å². The average Bonchev–Trinajstić information content (AvgIpc) is 3.31. The van der Waals surface area contributed by atoms with E-state index in [1.54, 1.807) is 11.1 Å². The number of nitrogens with zero attached hydrogens (tertiary/aromatic N) is 1. The van der Waals surface area contributed by atoms with E-state index in [4.69, 9.17) is 15.1 Å². The molecule has 7 nitrogen and oxygen atoms in total. The number of carboxylic acids is 2. The summed E-state index contributed by atoms with van der Waals surface area (Å²) >= 11 is 0. The molecular formula is C28H40N2O5. The fraction of sp³-hybridized carbons (Fsp3) is 0.607. The molecule has 3 aliphatic rings. The van der Waals surface area contributed by atoms with Gasteiger partial charge in [-0.1, -0.05) is 57.5 Å². The van der Waals surface area contributed by atoms with Gasteiger partial charge in [-0.05, 0) is 66.2 Å². The van der Waals surface area contributed by atoms with Crippen LogP contribution in [0.4, 0.5) is 0 Å². The second kappa shape index (κ2) is 11.4. The highest BCUT2D eigenvalue weighted by molar-refractivity contribution is 5.89. The zero-order valence-corrected chi connectivity index (χ0v) is 21.4. The highest BCUT2D eigenvalue weighted by Crippen LogP contribution is 2.56. The Morgan fingerprint density at radius 1 is 1.14 bits per heavy atom. The number of aryl methyl sites for hydroxylation is 1. The summed E-state index contributed by atoms with van der Waals surface area (Å²) in [5, 5.41) is 23.5. The molecule has 0 radical (unpaired) electrons. The molecule has 0 aromatic heterocycles. The third kappa shape index (κ3) is 6.51. The van der Waals surface area contributed by atoms with Crippen molar-refractivity contribution in [1.29, 1.82) is 0 Å². The molecule has 0 amide bonds. The summed E-state index contributed by atoms with van der Waals surface area (Å²) in [6.07, 6.45) is 10.9. The maximum Gasteiger partial charge on any atom is 0.328 e. The Labute approximate surface area is 208 Å². The highest BCUT2D eigenvalue weighted by Gasteiger charge is 2.51. The molecule has 2 fully saturated rings. The highest BCUT2D eigenvalue weighted by atomic mass is 16.6. The number of carbonyl (C=O) groups is 2. The van der Waals surface area contributed by atoms with Gasteiger partial charge in [0.05, 0.1) is 0 Å². The molecule has 4 atom stereocenters. The standard InChI is InChI=1S/C24H36N2O.C4H4O4/c1-17(2)18-6-8-21-19(14-18)7-9-22-23(3,11-5-12-24(21,22)4)16-26-27-20-10-13-25-15-20;5-3(6)1-2-4(7)8/h6,8,14,16-17,20,22,25H,5,7,9-13,15H2,1-4H3;1-2H,(H,5,6)(H,7,8)/b26-16+;2-1+/t20-,22?,23-,24-;/m1./s1. The Hall–Kier alpha value is -2.67. The normalized spacial score (nSPS) is 30.0. The van der Waals surface area contributed by atoms with Gasteiger partial charge >= 0.3 is 11.9 Å². The lowest BCUT2D eigenvalue weighted by Gasteiger charge is -2.54. The quantitative estimate of drug-likeness (QED) is 0.301. The van der Waals surface area contributed by atoms with Crippen molar-refractivity contribution < 1.29 is 24.6 Å². The molecule has 1 aromatic carbocycles. The summed E-state index contributed by atoms with van der Waals surface area (Å²) < 4.78 is 0. The first kappa shape index (κ1) is 26.9. The fourth-order valence-electron chi connectivity index (χ4n) is 6.17. The van der Waals surface area contributed by atoms with Crippen molar-refractivity contribution in [3.63, 3.8) is 0 Å². The molecule has 1 aliphatic heterocycles. The summed E-state index contributed by atoms with van der Waals surface area (Å²) in [5.41, 5.74) is 5.07. The maximum absolute atomic E-state index is 9.55. The van der Waals surface area contributed by atoms with E-state index in [0.717, 1.165) is 19.5 Å². The zero-order chi connectivity index (χ0) is 25.6. The third-order valence-corrected chi connectivity index (χ3v) is 8.03. The molecule has 4 rings (SSSR count). The summed E-state index contributed by atoms with van der Waals surface area (Å²) in [6.45, 7) is 11.5. The van der Waals surface area contributed by atoms with Crippen molar-refractivity contribution in [3.05, 3.63) is 47.0 Å². The van der Waals surface area contributed by atoms with Gasteiger partial charge in [0.25, 0.3) is 0 Å². The van der Waals surface area contributed by atoms with Crippen LogP contribution >= 0.6 is 0 Å². The molecular weight excluding hydrogens is 444 g/mol. The molecule has 1 heterocycles. The molecule has 0 bridgehead atoms. The van der Waals surface area contributed by atoms with Crippen LogP contribution in [0, 0.1) is 11.3 Å². The predicted molar refractivity (Wildman–Crippen MR) is 137 cm³/mol. The van der Waals surface area contributed by atoms with Gasteiger partial charge in [0, 0.05) is 36.7 Å². The van der Waals surface area contributed by atoms with Gasteiger partial charge in [-0.2, -0.15) is 0 Å². The summed E-state index contributed by atoms with van der Waals surface area (Å²) in [5.74, 6) is -1.27. The van der Waals surface area contributed by atoms with Crippen molar-refractivity contribution in [2.24, 2.45) is 16.5 Å². The Morgan fingerprint density at radius 2 is 1.86 bits per heavy atom. The first-order valence-electron chi connectivity index (χ1n) is 12.7. The second-order valence-corrected chi connectivity index (χ2v) is 10.9. The molecule has 1 unspecified atom stereocenters. The molecule has 192 valence electrons. The van der Waals surface area contributed by atoms with Crippen molar-refractivity contribution >= 4 is 18.2 Å². The molecule has 1 saturated heterocycles. The summed E-state index contributed by atoms with van der Waals surface area (Å²) in [6, 6.07) is 7.30. The first-order chi connectivity index (χ1) is 16.5. The predicted octanol–water partition coefficient (Wildman–Crippen LogP) is 4.90. The largest absolute Gasteiger partial charge is 0.478 e. The van der Waals surface area contributed by atoms with E-state index in [9.17, 15) is 9.59 Å². The molecule has 35 heavy (non-hydrogen) atoms. The van der Waals surface area contributed by atoms with Crippen LogP contribution in [0.5, 0.6) is 0 Å². The van der Waals surface area contributed by atoms with E-state index in [-0.39, 0.29) is 16.9 Å². The van der Waals surface area contributed by atoms with E-state index in [1.807, 2.05) is 0 Å². The number of hydrogen-bond donors (Lipinski definition) is 3. The van der Waals surface area contributed by atoms with E-state index in [2.05, 4.69) is 62.6 Å². The molecule has 3 N–H and O–H groups in total. The van der Waals surface area contributed by atoms with Crippen molar-refractivity contribution in [2.45, 2.75) is 83.7 Å². The van der Waals surface area contributed by atoms with E-state index in [0.29, 0.717) is 24.0 Å². The van der Waals surface area contributed by atoms with Crippen LogP contribution in [0.15, 0.2) is 35.5 Å². The Bertz CT molecular complexity index is 950. The van der Waals surface area contributed by atoms with Gasteiger partial charge in [0.1, 0.15) is 6.10 Å². The van der Waals surface area contributed by atoms with Gasteiger partial charge in [0.15, 0.2) is 0 Å². The number of aliphatic carboxylic acids is 2. The van der Waals surface area contributed by atoms with Crippen molar-refractivity contribution in [3.8, 4) is 0 Å². The smallest absolute Gasteiger partial charge is 0.328 e. The van der Waals surface area contributed by atoms with Gasteiger partial charge in [-0.15, -0.1) is 0 Å².